The van der Waals surface area contributed by atoms with Crippen LogP contribution in [-0.4, -0.2) is 221 Å². The quantitative estimate of drug-likeness (QED) is 0.0148. The molecule has 0 radical (unpaired) electrons. The topological polar surface area (TPSA) is 389 Å². The zero-order valence-corrected chi connectivity index (χ0v) is 78.3. The Morgan fingerprint density at radius 1 is 0.293 bits per heavy atom. The molecule has 9 aromatic rings. The van der Waals surface area contributed by atoms with Crippen LogP contribution in [0.4, 0.5) is 0 Å². The first-order valence-electron chi connectivity index (χ1n) is 46.2. The molecule has 4 saturated heterocycles. The summed E-state index contributed by atoms with van der Waals surface area (Å²) in [5, 5.41) is 0. The van der Waals surface area contributed by atoms with Crippen molar-refractivity contribution in [3.05, 3.63) is 336 Å². The summed E-state index contributed by atoms with van der Waals surface area (Å²) in [6, 6.07) is 68.1. The van der Waals surface area contributed by atoms with E-state index in [0.717, 1.165) is 39.0 Å². The van der Waals surface area contributed by atoms with Gasteiger partial charge in [-0.05, 0) is 170 Å². The van der Waals surface area contributed by atoms with Crippen molar-refractivity contribution < 1.29 is 152 Å². The molecule has 32 heteroatoms. The lowest BCUT2D eigenvalue weighted by Gasteiger charge is -2.33. The molecule has 4 fully saturated rings. The standard InChI is InChI=1S/C108H112O32/c1-9-10-11-12-13-14-15-43-62-121-101-90(140-106(120)108(6,7)8)85(126-67(2)109)82(137-101)80(66-125-105(119)107(3,4)5)130-104-91(136-100(118)76-60-41-24-42-61-76)87(133-97(115)73-54-35-21-36-55-73)83(139-104)79(129-103-88(134-98(116)74-56-37-22-38-57-74)84(131-95(113)71-50-31-19-32-51-71)78(128-103)64-123-93(111)69-46-27-17-28-47-69)65-124-102-89(135-99(117)75-58-39-23-40-59-75)86(132-96(114)72-52-33-20-34-53-72)81(138-102)77(127-94(112)70-48-29-18-30-49-70)63-122-92(110)68-44-25-16-26-45-68/h9,16-42,44-61,77-91,101-104H,1,10-15,43,62-66H2,2-8H3/t77-,78-,79-,80-,81+,82+,83+,84-,85+,86+,87+,88+,89-,90-,91-,101-,102-,103-,104-/m1/s1. The molecule has 4 aliphatic rings. The predicted octanol–water partition coefficient (Wildman–Crippen LogP) is 15.4. The Hall–Kier alpha value is -14.0. The van der Waals surface area contributed by atoms with E-state index in [1.54, 1.807) is 145 Å². The van der Waals surface area contributed by atoms with Gasteiger partial charge in [0.05, 0.1) is 67.5 Å². The minimum Gasteiger partial charge on any atom is -0.462 e. The van der Waals surface area contributed by atoms with Crippen molar-refractivity contribution in [1.29, 1.82) is 0 Å². The average Bonchev–Trinajstić information content (AvgIpc) is 1.60. The van der Waals surface area contributed by atoms with E-state index in [9.17, 15) is 33.6 Å². The van der Waals surface area contributed by atoms with E-state index in [1.165, 1.54) is 170 Å². The first-order chi connectivity index (χ1) is 67.6. The van der Waals surface area contributed by atoms with Crippen LogP contribution in [0, 0.1) is 10.8 Å². The Morgan fingerprint density at radius 3 is 0.979 bits per heavy atom. The van der Waals surface area contributed by atoms with Crippen molar-refractivity contribution >= 4 is 71.6 Å². The first kappa shape index (κ1) is 103. The summed E-state index contributed by atoms with van der Waals surface area (Å²) in [5.74, 6) is -12.1. The van der Waals surface area contributed by atoms with Gasteiger partial charge in [0, 0.05) is 13.5 Å². The number of hydrogen-bond donors (Lipinski definition) is 0. The number of unbranched alkanes of at least 4 members (excludes halogenated alkanes) is 6. The van der Waals surface area contributed by atoms with Crippen LogP contribution < -0.4 is 0 Å². The fourth-order valence-electron chi connectivity index (χ4n) is 15.5. The summed E-state index contributed by atoms with van der Waals surface area (Å²) in [5.41, 5.74) is -2.95. The van der Waals surface area contributed by atoms with Crippen molar-refractivity contribution in [2.75, 3.05) is 33.0 Å². The lowest BCUT2D eigenvalue weighted by atomic mass is 9.97. The molecule has 32 nitrogen and oxygen atoms in total. The van der Waals surface area contributed by atoms with Crippen LogP contribution in [0.2, 0.25) is 0 Å². The maximum absolute atomic E-state index is 15.7. The minimum atomic E-state index is -2.26. The van der Waals surface area contributed by atoms with Crippen LogP contribution in [0.15, 0.2) is 286 Å². The van der Waals surface area contributed by atoms with Gasteiger partial charge in [-0.3, -0.25) is 14.4 Å². The van der Waals surface area contributed by atoms with E-state index < -0.39 is 226 Å². The lowest BCUT2D eigenvalue weighted by molar-refractivity contribution is -0.271. The van der Waals surface area contributed by atoms with Crippen LogP contribution in [0.1, 0.15) is 187 Å². The molecule has 0 unspecified atom stereocenters. The predicted molar refractivity (Wildman–Crippen MR) is 497 cm³/mol. The van der Waals surface area contributed by atoms with Crippen LogP contribution in [0.5, 0.6) is 0 Å². The van der Waals surface area contributed by atoms with E-state index in [0.29, 0.717) is 12.8 Å². The van der Waals surface area contributed by atoms with Gasteiger partial charge in [-0.15, -0.1) is 6.58 Å². The van der Waals surface area contributed by atoms with Crippen LogP contribution in [0.3, 0.4) is 0 Å². The number of esters is 12. The van der Waals surface area contributed by atoms with Gasteiger partial charge < -0.3 is 94.7 Å². The molecule has 19 atom stereocenters. The van der Waals surface area contributed by atoms with Crippen LogP contribution in [-0.2, 0) is 109 Å². The molecule has 13 rings (SSSR count). The van der Waals surface area contributed by atoms with Gasteiger partial charge in [-0.2, -0.15) is 0 Å². The number of carbonyl (C=O) groups is 12. The second-order valence-corrected chi connectivity index (χ2v) is 35.4. The third-order valence-corrected chi connectivity index (χ3v) is 22.8. The summed E-state index contributed by atoms with van der Waals surface area (Å²) in [6.07, 6.45) is -30.1. The number of allylic oxidation sites excluding steroid dienone is 1. The Morgan fingerprint density at radius 2 is 0.586 bits per heavy atom. The summed E-state index contributed by atoms with van der Waals surface area (Å²) < 4.78 is 132. The zero-order valence-electron chi connectivity index (χ0n) is 78.3. The Labute approximate surface area is 809 Å². The SMILES string of the molecule is C=CCCCCCCCCO[C@@H]1O[C@@H]([C@@H](COC(=O)C(C)(C)C)O[C@@H]2O[C@@H]([C@@H](CO[C@@H]3O[C@@H]([C@@H](COC(=O)c4ccccc4)OC(=O)c4ccccc4)[C@H](OC(=O)c4ccccc4)[C@H]3OC(=O)c3ccccc3)O[C@H]3O[C@H](COC(=O)c4ccccc4)[C@@H](OC(=O)c4ccccc4)[C@@H]3OC(=O)c3ccccc3)[C@H](OC(=O)c3ccccc3)[C@H]2OC(=O)c2ccccc2)[C@H](OC(C)=O)[C@H]1OC(=O)C(C)(C)C. The average molecular weight is 1920 g/mol. The smallest absolute Gasteiger partial charge is 0.338 e. The van der Waals surface area contributed by atoms with E-state index in [-0.39, 0.29) is 56.7 Å². The number of carbonyl (C=O) groups excluding carboxylic acids is 12. The summed E-state index contributed by atoms with van der Waals surface area (Å²) in [7, 11) is 0. The normalized spacial score (nSPS) is 22.6. The van der Waals surface area contributed by atoms with E-state index in [1.807, 2.05) is 6.08 Å². The van der Waals surface area contributed by atoms with E-state index in [2.05, 4.69) is 6.58 Å². The van der Waals surface area contributed by atoms with Crippen molar-refractivity contribution in [3.63, 3.8) is 0 Å². The molecule has 0 aromatic heterocycles. The molecule has 0 N–H and O–H groups in total. The molecule has 9 aromatic carbocycles. The third kappa shape index (κ3) is 28.4. The van der Waals surface area contributed by atoms with Gasteiger partial charge in [-0.1, -0.05) is 196 Å². The first-order valence-corrected chi connectivity index (χ1v) is 46.2. The maximum Gasteiger partial charge on any atom is 0.338 e. The zero-order chi connectivity index (χ0) is 99.2. The van der Waals surface area contributed by atoms with Gasteiger partial charge in [0.1, 0.15) is 56.4 Å². The van der Waals surface area contributed by atoms with Crippen LogP contribution in [0.25, 0.3) is 0 Å². The Balaban J connectivity index is 1.01. The second kappa shape index (κ2) is 50.1. The van der Waals surface area contributed by atoms with Gasteiger partial charge in [0.15, 0.2) is 80.1 Å². The number of hydrogen-bond acceptors (Lipinski definition) is 32. The molecule has 0 saturated carbocycles. The van der Waals surface area contributed by atoms with Crippen LogP contribution >= 0.6 is 0 Å². The van der Waals surface area contributed by atoms with Gasteiger partial charge in [0.25, 0.3) is 0 Å². The Kier molecular flexibility index (Phi) is 37.0. The van der Waals surface area contributed by atoms with Gasteiger partial charge in [-0.25, -0.2) is 43.2 Å². The minimum absolute atomic E-state index is 0.00464. The van der Waals surface area contributed by atoms with Crippen molar-refractivity contribution in [3.8, 4) is 0 Å². The highest BCUT2D eigenvalue weighted by Crippen LogP contribution is 2.42. The number of rotatable bonds is 44. The van der Waals surface area contributed by atoms with E-state index >= 15 is 24.0 Å². The summed E-state index contributed by atoms with van der Waals surface area (Å²) in [6.45, 7) is 10.6. The largest absolute Gasteiger partial charge is 0.462 e. The summed E-state index contributed by atoms with van der Waals surface area (Å²) in [4.78, 5) is 178. The highest BCUT2D eigenvalue weighted by atomic mass is 16.8. The fourth-order valence-corrected chi connectivity index (χ4v) is 15.5. The van der Waals surface area contributed by atoms with Crippen molar-refractivity contribution in [2.24, 2.45) is 10.8 Å². The molecule has 0 amide bonds. The molecule has 0 spiro atoms. The third-order valence-electron chi connectivity index (χ3n) is 22.8. The van der Waals surface area contributed by atoms with E-state index in [4.69, 9.17) is 94.7 Å². The fraction of sp³-hybridized carbons (Fsp3) is 0.370. The lowest BCUT2D eigenvalue weighted by Crippen LogP contribution is -2.51. The highest BCUT2D eigenvalue weighted by Gasteiger charge is 2.62. The molecule has 140 heavy (non-hydrogen) atoms. The molecular formula is C108H112O32. The molecular weight excluding hydrogens is 1810 g/mol. The maximum atomic E-state index is 15.7. The summed E-state index contributed by atoms with van der Waals surface area (Å²) >= 11 is 0. The second-order valence-electron chi connectivity index (χ2n) is 35.4. The molecule has 4 aliphatic heterocycles. The van der Waals surface area contributed by atoms with Crippen molar-refractivity contribution in [2.45, 2.75) is 210 Å². The number of ether oxygens (including phenoxy) is 20. The van der Waals surface area contributed by atoms with Crippen molar-refractivity contribution in [1.82, 2.24) is 0 Å². The molecule has 4 heterocycles. The number of benzene rings is 9. The molecule has 0 aliphatic carbocycles. The molecule has 0 bridgehead atoms. The highest BCUT2D eigenvalue weighted by molar-refractivity contribution is 5.94. The van der Waals surface area contributed by atoms with Gasteiger partial charge in [0.2, 0.25) is 0 Å². The van der Waals surface area contributed by atoms with Gasteiger partial charge >= 0.3 is 71.6 Å². The monoisotopic (exact) mass is 1920 g/mol. The molecule has 736 valence electrons. The Bertz CT molecular complexity index is 5590.